The van der Waals surface area contributed by atoms with Gasteiger partial charge in [0, 0.05) is 43.7 Å². The molecule has 3 heterocycles. The maximum Gasteiger partial charge on any atom is 0.267 e. The summed E-state index contributed by atoms with van der Waals surface area (Å²) in [6.45, 7) is 7.05. The molecule has 164 valence electrons. The second-order valence-corrected chi connectivity index (χ2v) is 9.15. The van der Waals surface area contributed by atoms with Gasteiger partial charge in [0.1, 0.15) is 5.82 Å². The number of carbonyl (C=O) groups is 1. The van der Waals surface area contributed by atoms with Crippen molar-refractivity contribution in [3.05, 3.63) is 35.6 Å². The maximum absolute atomic E-state index is 14.1. The molecule has 3 aliphatic heterocycles. The van der Waals surface area contributed by atoms with Gasteiger partial charge in [-0.2, -0.15) is 0 Å². The summed E-state index contributed by atoms with van der Waals surface area (Å²) >= 11 is 0. The third-order valence-electron chi connectivity index (χ3n) is 6.71. The number of hydrogen-bond donors (Lipinski definition) is 1. The molecule has 3 aliphatic rings. The predicted molar refractivity (Wildman–Crippen MR) is 113 cm³/mol. The molecule has 1 N–H and O–H groups in total. The zero-order valence-corrected chi connectivity index (χ0v) is 17.8. The molecule has 1 amide bonds. The Labute approximate surface area is 177 Å². The summed E-state index contributed by atoms with van der Waals surface area (Å²) in [4.78, 5) is 21.1. The van der Waals surface area contributed by atoms with E-state index in [1.807, 2.05) is 0 Å². The highest BCUT2D eigenvalue weighted by atomic mass is 19.1. The van der Waals surface area contributed by atoms with E-state index in [1.165, 1.54) is 25.3 Å². The molecule has 0 bridgehead atoms. The van der Waals surface area contributed by atoms with Crippen LogP contribution in [0.5, 0.6) is 0 Å². The van der Waals surface area contributed by atoms with Gasteiger partial charge in [-0.05, 0) is 51.8 Å². The highest BCUT2D eigenvalue weighted by Crippen LogP contribution is 2.33. The number of piperidine rings is 1. The van der Waals surface area contributed by atoms with Gasteiger partial charge in [0.05, 0.1) is 5.71 Å². The monoisotopic (exact) mass is 417 g/mol. The fraction of sp³-hybridized carbons (Fsp3) is 0.652. The first-order valence-electron chi connectivity index (χ1n) is 11.1. The van der Waals surface area contributed by atoms with Crippen LogP contribution in [-0.2, 0) is 14.4 Å². The SMILES string of the molecule is CC1(C(=O)NCC2(CN3CCCCC3)CCOCC2)CC(c2ccccc2F)=NO1. The number of nitrogens with zero attached hydrogens (tertiary/aromatic N) is 2. The smallest absolute Gasteiger partial charge is 0.267 e. The van der Waals surface area contributed by atoms with E-state index in [2.05, 4.69) is 15.4 Å². The number of carbonyl (C=O) groups excluding carboxylic acids is 1. The van der Waals surface area contributed by atoms with Crippen LogP contribution in [0.15, 0.2) is 29.4 Å². The van der Waals surface area contributed by atoms with E-state index in [1.54, 1.807) is 25.1 Å². The number of hydrogen-bond acceptors (Lipinski definition) is 5. The predicted octanol–water partition coefficient (Wildman–Crippen LogP) is 3.11. The van der Waals surface area contributed by atoms with Crippen LogP contribution in [0.2, 0.25) is 0 Å². The maximum atomic E-state index is 14.1. The van der Waals surface area contributed by atoms with Crippen molar-refractivity contribution in [2.75, 3.05) is 39.4 Å². The number of nitrogens with one attached hydrogen (secondary N) is 1. The Kier molecular flexibility index (Phi) is 6.39. The Morgan fingerprint density at radius 3 is 2.67 bits per heavy atom. The first-order chi connectivity index (χ1) is 14.5. The number of amides is 1. The minimum absolute atomic E-state index is 0.0233. The van der Waals surface area contributed by atoms with Crippen LogP contribution in [0, 0.1) is 11.2 Å². The van der Waals surface area contributed by atoms with Crippen molar-refractivity contribution in [1.29, 1.82) is 0 Å². The van der Waals surface area contributed by atoms with Gasteiger partial charge in [0.25, 0.3) is 5.91 Å². The van der Waals surface area contributed by atoms with Crippen LogP contribution >= 0.6 is 0 Å². The van der Waals surface area contributed by atoms with E-state index in [-0.39, 0.29) is 23.6 Å². The minimum atomic E-state index is -1.12. The molecular weight excluding hydrogens is 385 g/mol. The van der Waals surface area contributed by atoms with Gasteiger partial charge in [-0.1, -0.05) is 29.8 Å². The summed E-state index contributed by atoms with van der Waals surface area (Å²) in [6.07, 6.45) is 5.95. The van der Waals surface area contributed by atoms with Crippen LogP contribution in [0.4, 0.5) is 4.39 Å². The molecule has 7 heteroatoms. The Bertz CT molecular complexity index is 788. The van der Waals surface area contributed by atoms with Crippen LogP contribution in [0.3, 0.4) is 0 Å². The Morgan fingerprint density at radius 1 is 1.20 bits per heavy atom. The molecule has 0 radical (unpaired) electrons. The average molecular weight is 418 g/mol. The molecule has 2 fully saturated rings. The van der Waals surface area contributed by atoms with Crippen molar-refractivity contribution in [3.63, 3.8) is 0 Å². The van der Waals surface area contributed by atoms with Gasteiger partial charge >= 0.3 is 0 Å². The Balaban J connectivity index is 1.38. The van der Waals surface area contributed by atoms with Crippen LogP contribution in [0.1, 0.15) is 51.0 Å². The summed E-state index contributed by atoms with van der Waals surface area (Å²) in [7, 11) is 0. The van der Waals surface area contributed by atoms with Gasteiger partial charge in [-0.3, -0.25) is 4.79 Å². The third kappa shape index (κ3) is 4.67. The van der Waals surface area contributed by atoms with Gasteiger partial charge in [0.2, 0.25) is 5.60 Å². The summed E-state index contributed by atoms with van der Waals surface area (Å²) < 4.78 is 19.7. The second kappa shape index (κ2) is 9.02. The zero-order chi connectivity index (χ0) is 21.0. The number of oxime groups is 1. The zero-order valence-electron chi connectivity index (χ0n) is 17.8. The molecule has 2 saturated heterocycles. The van der Waals surface area contributed by atoms with E-state index in [0.717, 1.165) is 45.7 Å². The molecule has 30 heavy (non-hydrogen) atoms. The molecule has 1 aromatic rings. The first kappa shape index (κ1) is 21.2. The summed E-state index contributed by atoms with van der Waals surface area (Å²) in [5.74, 6) is -0.547. The van der Waals surface area contributed by atoms with Gasteiger partial charge in [-0.15, -0.1) is 0 Å². The Morgan fingerprint density at radius 2 is 1.93 bits per heavy atom. The van der Waals surface area contributed by atoms with Crippen molar-refractivity contribution in [2.45, 2.75) is 51.0 Å². The highest BCUT2D eigenvalue weighted by Gasteiger charge is 2.44. The van der Waals surface area contributed by atoms with E-state index in [0.29, 0.717) is 17.8 Å². The molecule has 0 saturated carbocycles. The van der Waals surface area contributed by atoms with Crippen molar-refractivity contribution >= 4 is 11.6 Å². The largest absolute Gasteiger partial charge is 0.381 e. The minimum Gasteiger partial charge on any atom is -0.381 e. The summed E-state index contributed by atoms with van der Waals surface area (Å²) in [5, 5.41) is 7.17. The fourth-order valence-electron chi connectivity index (χ4n) is 4.74. The van der Waals surface area contributed by atoms with E-state index >= 15 is 0 Å². The third-order valence-corrected chi connectivity index (χ3v) is 6.71. The number of ether oxygens (including phenoxy) is 1. The summed E-state index contributed by atoms with van der Waals surface area (Å²) in [6, 6.07) is 6.45. The molecule has 0 aromatic heterocycles. The van der Waals surface area contributed by atoms with Gasteiger partial charge in [0.15, 0.2) is 0 Å². The van der Waals surface area contributed by atoms with Crippen LogP contribution in [-0.4, -0.2) is 61.5 Å². The number of rotatable bonds is 6. The Hall–Kier alpha value is -1.99. The lowest BCUT2D eigenvalue weighted by Gasteiger charge is -2.42. The average Bonchev–Trinajstić information content (AvgIpc) is 3.17. The van der Waals surface area contributed by atoms with Crippen LogP contribution < -0.4 is 5.32 Å². The molecule has 0 spiro atoms. The molecule has 4 rings (SSSR count). The fourth-order valence-corrected chi connectivity index (χ4v) is 4.74. The van der Waals surface area contributed by atoms with Crippen molar-refractivity contribution in [1.82, 2.24) is 10.2 Å². The topological polar surface area (TPSA) is 63.2 Å². The normalized spacial score (nSPS) is 26.7. The molecule has 1 unspecified atom stereocenters. The lowest BCUT2D eigenvalue weighted by atomic mass is 9.79. The lowest BCUT2D eigenvalue weighted by Crippen LogP contribution is -2.53. The quantitative estimate of drug-likeness (QED) is 0.773. The first-order valence-corrected chi connectivity index (χ1v) is 11.1. The molecule has 6 nitrogen and oxygen atoms in total. The summed E-state index contributed by atoms with van der Waals surface area (Å²) in [5.41, 5.74) is -0.232. The van der Waals surface area contributed by atoms with Crippen molar-refractivity contribution in [2.24, 2.45) is 10.6 Å². The number of benzene rings is 1. The second-order valence-electron chi connectivity index (χ2n) is 9.15. The highest BCUT2D eigenvalue weighted by molar-refractivity contribution is 6.05. The number of halogens is 1. The van der Waals surface area contributed by atoms with E-state index < -0.39 is 5.60 Å². The standard InChI is InChI=1S/C23H32FN3O3/c1-22(15-20(26-30-22)18-7-3-4-8-19(18)24)21(28)25-16-23(9-13-29-14-10-23)17-27-11-5-2-6-12-27/h3-4,7-8H,2,5-6,9-17H2,1H3,(H,25,28). The van der Waals surface area contributed by atoms with Crippen molar-refractivity contribution in [3.8, 4) is 0 Å². The van der Waals surface area contributed by atoms with E-state index in [4.69, 9.17) is 9.57 Å². The molecule has 0 aliphatic carbocycles. The number of likely N-dealkylation sites (tertiary alicyclic amines) is 1. The van der Waals surface area contributed by atoms with E-state index in [9.17, 15) is 9.18 Å². The van der Waals surface area contributed by atoms with Crippen LogP contribution in [0.25, 0.3) is 0 Å². The van der Waals surface area contributed by atoms with Gasteiger partial charge in [-0.25, -0.2) is 4.39 Å². The molecule has 1 atom stereocenters. The molecule has 1 aromatic carbocycles. The lowest BCUT2D eigenvalue weighted by molar-refractivity contribution is -0.142. The van der Waals surface area contributed by atoms with Gasteiger partial charge < -0.3 is 19.8 Å². The molecular formula is C23H32FN3O3. The van der Waals surface area contributed by atoms with Crippen molar-refractivity contribution < 1.29 is 18.8 Å².